The molecule has 3 aromatic carbocycles. The minimum Gasteiger partial charge on any atom is -0.511 e. The molecule has 8 aliphatic heterocycles. The molecule has 12 bridgehead atoms. The maximum Gasteiger partial charge on any atom is 0.279 e. The summed E-state index contributed by atoms with van der Waals surface area (Å²) in [5, 5.41) is 23.1. The number of aliphatic imine (C=N–C) groups is 1. The van der Waals surface area contributed by atoms with Gasteiger partial charge in [0.25, 0.3) is 22.2 Å². The summed E-state index contributed by atoms with van der Waals surface area (Å²) in [5.74, 6) is 6.14. The van der Waals surface area contributed by atoms with Gasteiger partial charge >= 0.3 is 0 Å². The second-order valence-electron chi connectivity index (χ2n) is 38.9. The number of nitrogens with zero attached hydrogens (tertiary/aromatic N) is 12. The van der Waals surface area contributed by atoms with Gasteiger partial charge in [0, 0.05) is 96.9 Å². The van der Waals surface area contributed by atoms with Gasteiger partial charge in [-0.2, -0.15) is 0 Å². The predicted molar refractivity (Wildman–Crippen MR) is 463 cm³/mol. The summed E-state index contributed by atoms with van der Waals surface area (Å²) in [6.45, 7) is 13.6. The number of hydrogen-bond acceptors (Lipinski definition) is 15. The number of pyridine rings is 1. The number of aliphatic hydroxyl groups excluding tert-OH is 2. The summed E-state index contributed by atoms with van der Waals surface area (Å²) < 4.78 is 7.52. The van der Waals surface area contributed by atoms with Crippen molar-refractivity contribution in [1.29, 1.82) is 0 Å². The molecule has 20 heteroatoms. The Hall–Kier alpha value is -8.59. The van der Waals surface area contributed by atoms with Crippen LogP contribution >= 0.6 is 0 Å². The zero-order chi connectivity index (χ0) is 79.9. The first-order valence-corrected chi connectivity index (χ1v) is 45.7. The number of aromatic nitrogens is 7. The van der Waals surface area contributed by atoms with E-state index in [2.05, 4.69) is 66.9 Å². The minimum absolute atomic E-state index is 0.0129. The number of hydrogen-bond donors (Lipinski definition) is 3. The first-order chi connectivity index (χ1) is 56.9. The number of likely N-dealkylation sites (tertiary alicyclic amines) is 1. The van der Waals surface area contributed by atoms with Gasteiger partial charge in [0.1, 0.15) is 17.2 Å². The molecule has 13 fully saturated rings. The van der Waals surface area contributed by atoms with Gasteiger partial charge in [-0.25, -0.2) is 15.0 Å². The van der Waals surface area contributed by atoms with E-state index >= 15 is 0 Å². The first kappa shape index (κ1) is 78.3. The molecule has 20 nitrogen and oxygen atoms in total. The van der Waals surface area contributed by atoms with Gasteiger partial charge in [0.05, 0.1) is 69.8 Å². The number of rotatable bonds is 13. The zero-order valence-corrected chi connectivity index (χ0v) is 68.9. The SMILES string of the molecule is C=C(O)CN1C(=O)CCCC1c1nc2ccccc2n(C2CC3CCCC(C2)N3C2CC3CC(C)CC(C3)C2)c1=O.C=C(O)Cn1c(-c2nc3ccccc3n(C3CC4CCCC(C3)N4C3CC4CCCC(C4)C3)c2=O)cccc1=O.C=C1C=NC=C(c2nc3ccccc3n(C3CC4CCCC(C3)N4C3CC4CCCC(C4)C3)c2=O)N1. The van der Waals surface area contributed by atoms with E-state index in [1.807, 2.05) is 71.3 Å². The lowest BCUT2D eigenvalue weighted by molar-refractivity contribution is -0.136. The fourth-order valence-corrected chi connectivity index (χ4v) is 27.2. The number of para-hydroxylation sites is 6. The normalized spacial score (nSPS) is 33.5. The number of carbonyl (C=O) groups excluding carboxylic acids is 1. The van der Waals surface area contributed by atoms with Gasteiger partial charge < -0.3 is 34.1 Å². The van der Waals surface area contributed by atoms with Crippen molar-refractivity contribution in [3.8, 4) is 11.4 Å². The van der Waals surface area contributed by atoms with Crippen LogP contribution in [0.2, 0.25) is 0 Å². The third kappa shape index (κ3) is 15.6. The standard InChI is InChI=1S/C34H46N4O3.C33H40N4O3.C30H37N5O/c1-21-13-23-15-24(14-21)17-27(16-23)37-25-7-5-8-26(37)19-28(18-25)38-30-10-4-3-9-29(30)35-33(34(38)41)31-11-6-12-32(40)36(31)20-22(2)39;1-21(38)20-35-30(13-6-14-31(35)39)32-33(40)37(29-12-3-2-11-28(29)34-32)27-18-24-9-5-10-25(19-27)36(24)26-16-22-7-4-8-23(15-22)17-26;1-19-17-31-18-27(32-19)29-30(36)35(28-11-3-2-10-26(28)33-29)25-15-22-8-5-9-23(16-25)34(22)24-13-20-6-4-7-21(12-20)14-24/h3-4,9-10,21,23-28,31,39H,2,5-8,11-20H2,1H3;2-3,6,11-14,22-27,38H,1,4-5,7-10,15-20H2;2-3,10-11,17-18,20-25,32H,1,4-9,12-16H2. The van der Waals surface area contributed by atoms with Crippen molar-refractivity contribution in [2.24, 2.45) is 46.4 Å². The van der Waals surface area contributed by atoms with Gasteiger partial charge in [-0.15, -0.1) is 0 Å². The molecule has 13 atom stereocenters. The molecule has 0 radical (unpaired) electrons. The number of fused-ring (bicyclic) bond motifs is 15. The van der Waals surface area contributed by atoms with Crippen molar-refractivity contribution >= 4 is 50.9 Å². The highest BCUT2D eigenvalue weighted by atomic mass is 16.3. The Morgan fingerprint density at radius 3 is 1.29 bits per heavy atom. The molecular formula is C97H123N13O7. The quantitative estimate of drug-likeness (QED) is 0.0914. The number of nitrogens with one attached hydrogen (secondary N) is 1. The van der Waals surface area contributed by atoms with Gasteiger partial charge in [0.15, 0.2) is 11.4 Å². The Bertz CT molecular complexity index is 5190. The van der Waals surface area contributed by atoms with Crippen LogP contribution in [0.4, 0.5) is 0 Å². The molecule has 12 heterocycles. The second-order valence-corrected chi connectivity index (χ2v) is 38.9. The number of benzene rings is 3. The lowest BCUT2D eigenvalue weighted by Gasteiger charge is -2.56. The summed E-state index contributed by atoms with van der Waals surface area (Å²) in [6.07, 6.45) is 46.6. The summed E-state index contributed by atoms with van der Waals surface area (Å²) in [6, 6.07) is 34.2. The highest BCUT2D eigenvalue weighted by Gasteiger charge is 2.50. The fraction of sp³-hybridized carbons (Fsp3) is 0.598. The summed E-state index contributed by atoms with van der Waals surface area (Å²) in [5.41, 5.74) is 7.47. The molecule has 3 N–H and O–H groups in total. The third-order valence-corrected chi connectivity index (χ3v) is 31.2. The van der Waals surface area contributed by atoms with Crippen LogP contribution in [0.5, 0.6) is 0 Å². The maximum atomic E-state index is 14.4. The predicted octanol–water partition coefficient (Wildman–Crippen LogP) is 17.5. The largest absolute Gasteiger partial charge is 0.511 e. The van der Waals surface area contributed by atoms with Gasteiger partial charge in [-0.3, -0.25) is 48.2 Å². The monoisotopic (exact) mass is 1580 g/mol. The molecule has 4 aromatic heterocycles. The topological polar surface area (TPSA) is 222 Å². The van der Waals surface area contributed by atoms with Crippen LogP contribution in [0.3, 0.4) is 0 Å². The van der Waals surface area contributed by atoms with E-state index in [-0.39, 0.29) is 76.6 Å². The van der Waals surface area contributed by atoms with Crippen LogP contribution in [-0.2, 0) is 11.3 Å². The lowest BCUT2D eigenvalue weighted by Crippen LogP contribution is -2.59. The lowest BCUT2D eigenvalue weighted by atomic mass is 9.65. The number of piperidine rings is 7. The summed E-state index contributed by atoms with van der Waals surface area (Å²) >= 11 is 0. The minimum atomic E-state index is -0.438. The van der Waals surface area contributed by atoms with Crippen LogP contribution in [-0.4, -0.2) is 136 Å². The molecule has 7 aromatic rings. The van der Waals surface area contributed by atoms with E-state index in [1.54, 1.807) is 29.4 Å². The third-order valence-electron chi connectivity index (χ3n) is 31.2. The second kappa shape index (κ2) is 33.2. The van der Waals surface area contributed by atoms with E-state index in [9.17, 15) is 34.2 Å². The number of allylic oxidation sites excluding steroid dienone is 2. The molecular weight excluding hydrogens is 1460 g/mol. The number of carbonyl (C=O) groups is 1. The Balaban J connectivity index is 0.000000117. The maximum absolute atomic E-state index is 14.4. The fourth-order valence-electron chi connectivity index (χ4n) is 27.2. The Labute approximate surface area is 688 Å². The van der Waals surface area contributed by atoms with Crippen molar-refractivity contribution in [2.45, 2.75) is 317 Å². The van der Waals surface area contributed by atoms with Crippen LogP contribution in [0.25, 0.3) is 50.2 Å². The molecule has 14 aliphatic rings. The van der Waals surface area contributed by atoms with E-state index < -0.39 is 6.04 Å². The molecule has 6 aliphatic carbocycles. The average molecular weight is 1580 g/mol. The van der Waals surface area contributed by atoms with Crippen molar-refractivity contribution in [3.63, 3.8) is 0 Å². The Morgan fingerprint density at radius 1 is 0.419 bits per heavy atom. The van der Waals surface area contributed by atoms with Crippen LogP contribution < -0.4 is 27.6 Å². The zero-order valence-electron chi connectivity index (χ0n) is 68.9. The molecule has 117 heavy (non-hydrogen) atoms. The van der Waals surface area contributed by atoms with Crippen molar-refractivity contribution in [3.05, 3.63) is 187 Å². The molecule has 21 rings (SSSR count). The summed E-state index contributed by atoms with van der Waals surface area (Å²) in [7, 11) is 0. The van der Waals surface area contributed by atoms with Crippen molar-refractivity contribution < 1.29 is 15.0 Å². The van der Waals surface area contributed by atoms with Gasteiger partial charge in [-0.1, -0.05) is 127 Å². The Morgan fingerprint density at radius 2 is 0.829 bits per heavy atom. The van der Waals surface area contributed by atoms with Gasteiger partial charge in [0.2, 0.25) is 5.91 Å². The van der Waals surface area contributed by atoms with Crippen molar-refractivity contribution in [1.82, 2.24) is 58.1 Å². The molecule has 618 valence electrons. The first-order valence-electron chi connectivity index (χ1n) is 45.7. The van der Waals surface area contributed by atoms with Crippen LogP contribution in [0.1, 0.15) is 267 Å². The number of aliphatic hydroxyl groups is 2. The summed E-state index contributed by atoms with van der Waals surface area (Å²) in [4.78, 5) is 97.7. The smallest absolute Gasteiger partial charge is 0.279 e. The molecule has 1 amide bonds. The molecule has 7 saturated heterocycles. The Kier molecular flexibility index (Phi) is 22.2. The van der Waals surface area contributed by atoms with Crippen LogP contribution in [0.15, 0.2) is 158 Å². The van der Waals surface area contributed by atoms with Crippen molar-refractivity contribution in [2.75, 3.05) is 6.54 Å². The highest BCUT2D eigenvalue weighted by Crippen LogP contribution is 2.53. The van der Waals surface area contributed by atoms with Gasteiger partial charge in [-0.05, 0) is 244 Å². The number of amides is 1. The van der Waals surface area contributed by atoms with E-state index in [1.165, 1.54) is 178 Å². The van der Waals surface area contributed by atoms with E-state index in [4.69, 9.17) is 15.0 Å². The van der Waals surface area contributed by atoms with Crippen LogP contribution in [0, 0.1) is 41.4 Å². The van der Waals surface area contributed by atoms with E-state index in [0.29, 0.717) is 89.7 Å². The highest BCUT2D eigenvalue weighted by molar-refractivity contribution is 5.86. The molecule has 13 unspecified atom stereocenters. The average Bonchev–Trinajstić information content (AvgIpc) is 0.751. The molecule has 6 saturated carbocycles. The molecule has 0 spiro atoms. The van der Waals surface area contributed by atoms with E-state index in [0.717, 1.165) is 126 Å².